The molecule has 1 amide bonds. The normalized spacial score (nSPS) is 23.1. The average Bonchev–Trinajstić information content (AvgIpc) is 2.84. The molecule has 8 heteroatoms. The van der Waals surface area contributed by atoms with Gasteiger partial charge in [0.05, 0.1) is 17.7 Å². The summed E-state index contributed by atoms with van der Waals surface area (Å²) in [5.74, 6) is 1.10. The van der Waals surface area contributed by atoms with Gasteiger partial charge in [0.15, 0.2) is 0 Å². The summed E-state index contributed by atoms with van der Waals surface area (Å²) in [5.41, 5.74) is 1.43. The second kappa shape index (κ2) is 11.8. The van der Waals surface area contributed by atoms with E-state index in [1.165, 1.54) is 6.34 Å². The van der Waals surface area contributed by atoms with Crippen LogP contribution in [0.15, 0.2) is 46.5 Å². The number of aliphatic hydroxyl groups is 1. The number of nitrogens with one attached hydrogen (secondary N) is 1. The molecule has 2 aliphatic heterocycles. The monoisotopic (exact) mass is 473 g/mol. The molecule has 1 saturated heterocycles. The fraction of sp³-hybridized carbons (Fsp3) is 0.560. The zero-order valence-corrected chi connectivity index (χ0v) is 20.6. The molecule has 0 aliphatic carbocycles. The topological polar surface area (TPSA) is 80.5 Å². The van der Waals surface area contributed by atoms with Gasteiger partial charge in [0, 0.05) is 50.2 Å². The first-order valence-electron chi connectivity index (χ1n) is 11.7. The van der Waals surface area contributed by atoms with Gasteiger partial charge in [-0.1, -0.05) is 51.1 Å². The molecular formula is C25H36ClN5O2. The highest BCUT2D eigenvalue weighted by molar-refractivity contribution is 6.30. The van der Waals surface area contributed by atoms with Crippen molar-refractivity contribution in [2.24, 2.45) is 15.9 Å². The minimum absolute atomic E-state index is 0.135. The quantitative estimate of drug-likeness (QED) is 0.687. The Kier molecular flexibility index (Phi) is 9.06. The largest absolute Gasteiger partial charge is 0.387 e. The van der Waals surface area contributed by atoms with Gasteiger partial charge in [-0.2, -0.15) is 0 Å². The lowest BCUT2D eigenvalue weighted by molar-refractivity contribution is -0.134. The number of aliphatic imine (C=N–C) groups is 2. The average molecular weight is 474 g/mol. The van der Waals surface area contributed by atoms with E-state index in [0.29, 0.717) is 42.8 Å². The zero-order valence-electron chi connectivity index (χ0n) is 19.9. The summed E-state index contributed by atoms with van der Waals surface area (Å²) in [6, 6.07) is 7.86. The highest BCUT2D eigenvalue weighted by Crippen LogP contribution is 2.23. The molecule has 2 N–H and O–H groups in total. The summed E-state index contributed by atoms with van der Waals surface area (Å²) in [6.07, 6.45) is 2.23. The maximum atomic E-state index is 13.5. The molecule has 1 aromatic rings. The highest BCUT2D eigenvalue weighted by Gasteiger charge is 2.30. The summed E-state index contributed by atoms with van der Waals surface area (Å²) in [7, 11) is 0. The van der Waals surface area contributed by atoms with Gasteiger partial charge in [-0.15, -0.1) is 0 Å². The molecule has 3 atom stereocenters. The van der Waals surface area contributed by atoms with Gasteiger partial charge in [-0.3, -0.25) is 4.79 Å². The number of piperazine rings is 1. The van der Waals surface area contributed by atoms with Gasteiger partial charge in [-0.25, -0.2) is 9.98 Å². The lowest BCUT2D eigenvalue weighted by Crippen LogP contribution is -2.52. The van der Waals surface area contributed by atoms with Crippen LogP contribution in [0.5, 0.6) is 0 Å². The highest BCUT2D eigenvalue weighted by atomic mass is 35.5. The van der Waals surface area contributed by atoms with Crippen molar-refractivity contribution >= 4 is 29.7 Å². The number of halogens is 1. The molecule has 0 aromatic heterocycles. The Balaban J connectivity index is 1.67. The van der Waals surface area contributed by atoms with Crippen LogP contribution in [-0.2, 0) is 4.79 Å². The molecule has 7 nitrogen and oxygen atoms in total. The van der Waals surface area contributed by atoms with E-state index >= 15 is 0 Å². The van der Waals surface area contributed by atoms with E-state index < -0.39 is 6.10 Å². The summed E-state index contributed by atoms with van der Waals surface area (Å²) in [4.78, 5) is 26.4. The summed E-state index contributed by atoms with van der Waals surface area (Å²) >= 11 is 6.06. The zero-order chi connectivity index (χ0) is 24.0. The number of amidine groups is 1. The van der Waals surface area contributed by atoms with Crippen LogP contribution in [0.2, 0.25) is 5.02 Å². The van der Waals surface area contributed by atoms with Crippen LogP contribution >= 0.6 is 11.6 Å². The number of benzene rings is 1. The van der Waals surface area contributed by atoms with Gasteiger partial charge in [0.2, 0.25) is 5.91 Å². The van der Waals surface area contributed by atoms with Crippen LogP contribution in [0.25, 0.3) is 0 Å². The Labute approximate surface area is 202 Å². The first-order chi connectivity index (χ1) is 15.7. The molecule has 0 saturated carbocycles. The molecule has 0 unspecified atom stereocenters. The van der Waals surface area contributed by atoms with Crippen LogP contribution in [-0.4, -0.2) is 77.9 Å². The molecular weight excluding hydrogens is 438 g/mol. The summed E-state index contributed by atoms with van der Waals surface area (Å²) in [5, 5.41) is 14.3. The molecule has 1 aromatic carbocycles. The van der Waals surface area contributed by atoms with Crippen molar-refractivity contribution in [1.29, 1.82) is 0 Å². The number of hydrogen-bond acceptors (Lipinski definition) is 6. The smallest absolute Gasteiger partial charge is 0.231 e. The Hall–Kier alpha value is -2.22. The molecule has 0 bridgehead atoms. The van der Waals surface area contributed by atoms with E-state index in [2.05, 4.69) is 47.6 Å². The maximum absolute atomic E-state index is 13.5. The van der Waals surface area contributed by atoms with Crippen molar-refractivity contribution in [3.8, 4) is 0 Å². The molecule has 2 heterocycles. The molecule has 33 heavy (non-hydrogen) atoms. The molecule has 0 radical (unpaired) electrons. The lowest BCUT2D eigenvalue weighted by atomic mass is 9.96. The van der Waals surface area contributed by atoms with Crippen LogP contribution in [0.1, 0.15) is 45.1 Å². The number of amides is 1. The Morgan fingerprint density at radius 1 is 1.24 bits per heavy atom. The summed E-state index contributed by atoms with van der Waals surface area (Å²) in [6.45, 7) is 13.4. The number of carbonyl (C=O) groups excluding carboxylic acids is 1. The van der Waals surface area contributed by atoms with E-state index in [9.17, 15) is 9.90 Å². The maximum Gasteiger partial charge on any atom is 0.231 e. The Morgan fingerprint density at radius 2 is 1.91 bits per heavy atom. The van der Waals surface area contributed by atoms with Crippen molar-refractivity contribution < 1.29 is 9.90 Å². The third-order valence-electron chi connectivity index (χ3n) is 6.23. The SMILES string of the molecule is C=C1N=CN=C(N2CCN(C(=O)[C@H](CNC(C)C)c3ccc(Cl)cc3)CC2)C[C@H](C)C[C@H]1O. The molecule has 2 aliphatic rings. The first kappa shape index (κ1) is 25.4. The van der Waals surface area contributed by atoms with Gasteiger partial charge in [0.25, 0.3) is 0 Å². The first-order valence-corrected chi connectivity index (χ1v) is 12.1. The van der Waals surface area contributed by atoms with Crippen LogP contribution in [0.4, 0.5) is 0 Å². The minimum atomic E-state index is -0.635. The van der Waals surface area contributed by atoms with Crippen molar-refractivity contribution in [2.75, 3.05) is 32.7 Å². The molecule has 3 rings (SSSR count). The van der Waals surface area contributed by atoms with E-state index in [0.717, 1.165) is 30.9 Å². The summed E-state index contributed by atoms with van der Waals surface area (Å²) < 4.78 is 0. The lowest BCUT2D eigenvalue weighted by Gasteiger charge is -2.38. The van der Waals surface area contributed by atoms with Gasteiger partial charge in [-0.05, 0) is 30.0 Å². The number of hydrogen-bond donors (Lipinski definition) is 2. The fourth-order valence-electron chi connectivity index (χ4n) is 4.23. The predicted molar refractivity (Wildman–Crippen MR) is 135 cm³/mol. The van der Waals surface area contributed by atoms with E-state index in [4.69, 9.17) is 11.6 Å². The standard InChI is InChI=1S/C25H36ClN5O2/c1-17(2)27-15-22(20-5-7-21(26)8-6-20)25(33)31-11-9-30(10-12-31)24-14-18(3)13-23(32)19(4)28-16-29-24/h5-8,16-18,22-23,27,32H,4,9-15H2,1-3H3/t18-,22-,23-/m1/s1. The third kappa shape index (κ3) is 7.13. The number of carbonyl (C=O) groups is 1. The second-order valence-corrected chi connectivity index (χ2v) is 9.76. The number of aliphatic hydroxyl groups excluding tert-OH is 1. The number of nitrogens with zero attached hydrogens (tertiary/aromatic N) is 4. The van der Waals surface area contributed by atoms with Crippen LogP contribution < -0.4 is 5.32 Å². The second-order valence-electron chi connectivity index (χ2n) is 9.32. The van der Waals surface area contributed by atoms with Crippen molar-refractivity contribution in [2.45, 2.75) is 51.7 Å². The molecule has 0 spiro atoms. The molecule has 180 valence electrons. The Morgan fingerprint density at radius 3 is 2.55 bits per heavy atom. The van der Waals surface area contributed by atoms with E-state index in [-0.39, 0.29) is 17.7 Å². The molecule has 1 fully saturated rings. The Bertz CT molecular complexity index is 875. The van der Waals surface area contributed by atoms with Gasteiger partial charge >= 0.3 is 0 Å². The number of rotatable bonds is 5. The fourth-order valence-corrected chi connectivity index (χ4v) is 4.36. The van der Waals surface area contributed by atoms with Gasteiger partial charge in [0.1, 0.15) is 12.2 Å². The van der Waals surface area contributed by atoms with E-state index in [1.54, 1.807) is 0 Å². The van der Waals surface area contributed by atoms with Gasteiger partial charge < -0.3 is 20.2 Å². The van der Waals surface area contributed by atoms with Crippen LogP contribution in [0, 0.1) is 5.92 Å². The van der Waals surface area contributed by atoms with Crippen LogP contribution in [0.3, 0.4) is 0 Å². The van der Waals surface area contributed by atoms with Crippen molar-refractivity contribution in [3.63, 3.8) is 0 Å². The van der Waals surface area contributed by atoms with E-state index in [1.807, 2.05) is 29.2 Å². The third-order valence-corrected chi connectivity index (χ3v) is 6.48. The minimum Gasteiger partial charge on any atom is -0.387 e. The predicted octanol–water partition coefficient (Wildman–Crippen LogP) is 3.30. The van der Waals surface area contributed by atoms with Crippen molar-refractivity contribution in [1.82, 2.24) is 15.1 Å². The van der Waals surface area contributed by atoms with Crippen molar-refractivity contribution in [3.05, 3.63) is 47.1 Å².